The minimum Gasteiger partial charge on any atom is -0.481 e. The predicted octanol–water partition coefficient (Wildman–Crippen LogP) is 2.93. The van der Waals surface area contributed by atoms with E-state index in [2.05, 4.69) is 25.3 Å². The van der Waals surface area contributed by atoms with Gasteiger partial charge in [0.25, 0.3) is 5.91 Å². The van der Waals surface area contributed by atoms with Crippen molar-refractivity contribution in [2.24, 2.45) is 4.99 Å². The predicted molar refractivity (Wildman–Crippen MR) is 101 cm³/mol. The lowest BCUT2D eigenvalue weighted by Gasteiger charge is -1.99. The summed E-state index contributed by atoms with van der Waals surface area (Å²) in [6, 6.07) is 11.3. The molecule has 1 fully saturated rings. The quantitative estimate of drug-likeness (QED) is 0.720. The molecule has 0 bridgehead atoms. The Kier molecular flexibility index (Phi) is 4.32. The van der Waals surface area contributed by atoms with E-state index in [-0.39, 0.29) is 5.91 Å². The largest absolute Gasteiger partial charge is 0.481 e. The molecule has 1 N–H and O–H groups in total. The highest BCUT2D eigenvalue weighted by Crippen LogP contribution is 2.28. The fourth-order valence-electron chi connectivity index (χ4n) is 2.42. The van der Waals surface area contributed by atoms with Gasteiger partial charge in [0.2, 0.25) is 5.88 Å². The summed E-state index contributed by atoms with van der Waals surface area (Å²) in [7, 11) is 1.52. The van der Waals surface area contributed by atoms with Gasteiger partial charge in [-0.3, -0.25) is 9.78 Å². The maximum atomic E-state index is 12.2. The fourth-order valence-corrected chi connectivity index (χ4v) is 3.25. The van der Waals surface area contributed by atoms with Crippen LogP contribution in [0, 0.1) is 0 Å². The molecule has 0 atom stereocenters. The van der Waals surface area contributed by atoms with Crippen molar-refractivity contribution >= 4 is 45.6 Å². The molecule has 1 aromatic carbocycles. The molecule has 3 aromatic rings. The van der Waals surface area contributed by atoms with Gasteiger partial charge >= 0.3 is 0 Å². The van der Waals surface area contributed by atoms with Crippen LogP contribution in [-0.4, -0.2) is 33.1 Å². The fraction of sp³-hybridized carbons (Fsp3) is 0.0556. The number of nitrogens with one attached hydrogen (secondary N) is 1. The van der Waals surface area contributed by atoms with E-state index < -0.39 is 0 Å². The average molecular weight is 363 g/mol. The molecule has 3 heterocycles. The SMILES string of the molecule is COc1cc(N=C2NC(=O)C(=Cc3ccc4ncccc4c3)S2)ncn1. The number of hydrogen-bond acceptors (Lipinski definition) is 7. The molecule has 7 nitrogen and oxygen atoms in total. The number of nitrogens with zero attached hydrogens (tertiary/aromatic N) is 4. The molecule has 1 aliphatic rings. The zero-order valence-electron chi connectivity index (χ0n) is 13.7. The molecular formula is C18H13N5O2S. The molecule has 0 radical (unpaired) electrons. The number of benzene rings is 1. The van der Waals surface area contributed by atoms with E-state index in [0.717, 1.165) is 16.5 Å². The Morgan fingerprint density at radius 3 is 3.00 bits per heavy atom. The number of pyridine rings is 1. The Hall–Kier alpha value is -3.26. The number of fused-ring (bicyclic) bond motifs is 1. The lowest BCUT2D eigenvalue weighted by molar-refractivity contribution is -0.115. The number of aliphatic imine (C=N–C) groups is 1. The van der Waals surface area contributed by atoms with Gasteiger partial charge in [-0.25, -0.2) is 15.0 Å². The molecule has 8 heteroatoms. The second kappa shape index (κ2) is 6.93. The van der Waals surface area contributed by atoms with Crippen molar-refractivity contribution in [2.45, 2.75) is 0 Å². The summed E-state index contributed by atoms with van der Waals surface area (Å²) < 4.78 is 5.04. The zero-order valence-corrected chi connectivity index (χ0v) is 14.5. The summed E-state index contributed by atoms with van der Waals surface area (Å²) in [6.45, 7) is 0. The molecule has 0 spiro atoms. The van der Waals surface area contributed by atoms with E-state index in [1.807, 2.05) is 36.4 Å². The number of carbonyl (C=O) groups excluding carboxylic acids is 1. The number of thioether (sulfide) groups is 1. The molecule has 128 valence electrons. The maximum absolute atomic E-state index is 12.2. The lowest BCUT2D eigenvalue weighted by atomic mass is 10.1. The Morgan fingerprint density at radius 2 is 2.12 bits per heavy atom. The average Bonchev–Trinajstić information content (AvgIpc) is 3.00. The van der Waals surface area contributed by atoms with Crippen LogP contribution in [0.5, 0.6) is 5.88 Å². The number of methoxy groups -OCH3 is 1. The van der Waals surface area contributed by atoms with Crippen LogP contribution in [-0.2, 0) is 4.79 Å². The van der Waals surface area contributed by atoms with Gasteiger partial charge in [-0.05, 0) is 41.6 Å². The molecule has 2 aromatic heterocycles. The van der Waals surface area contributed by atoms with Crippen LogP contribution in [0.15, 0.2) is 58.8 Å². The van der Waals surface area contributed by atoms with Crippen LogP contribution < -0.4 is 10.1 Å². The van der Waals surface area contributed by atoms with Crippen molar-refractivity contribution in [3.63, 3.8) is 0 Å². The third-order valence-corrected chi connectivity index (χ3v) is 4.54. The van der Waals surface area contributed by atoms with Gasteiger partial charge in [0.1, 0.15) is 6.33 Å². The number of aromatic nitrogens is 3. The first-order valence-corrected chi connectivity index (χ1v) is 8.53. The van der Waals surface area contributed by atoms with Crippen LogP contribution in [0.25, 0.3) is 17.0 Å². The first-order valence-electron chi connectivity index (χ1n) is 7.72. The van der Waals surface area contributed by atoms with Gasteiger partial charge in [0.05, 0.1) is 17.5 Å². The molecule has 0 unspecified atom stereocenters. The topological polar surface area (TPSA) is 89.4 Å². The van der Waals surface area contributed by atoms with Crippen LogP contribution in [0.2, 0.25) is 0 Å². The summed E-state index contributed by atoms with van der Waals surface area (Å²) >= 11 is 1.26. The van der Waals surface area contributed by atoms with Crippen molar-refractivity contribution < 1.29 is 9.53 Å². The van der Waals surface area contributed by atoms with Crippen LogP contribution >= 0.6 is 11.8 Å². The number of ether oxygens (including phenoxy) is 1. The highest BCUT2D eigenvalue weighted by molar-refractivity contribution is 8.18. The van der Waals surface area contributed by atoms with E-state index in [9.17, 15) is 4.79 Å². The highest BCUT2D eigenvalue weighted by Gasteiger charge is 2.24. The van der Waals surface area contributed by atoms with Gasteiger partial charge < -0.3 is 10.1 Å². The number of carbonyl (C=O) groups is 1. The number of hydrogen-bond donors (Lipinski definition) is 1. The summed E-state index contributed by atoms with van der Waals surface area (Å²) in [4.78, 5) is 29.4. The van der Waals surface area contributed by atoms with Gasteiger partial charge in [-0.2, -0.15) is 0 Å². The number of amidine groups is 1. The number of amides is 1. The normalized spacial score (nSPS) is 17.0. The second-order valence-corrected chi connectivity index (χ2v) is 6.39. The lowest BCUT2D eigenvalue weighted by Crippen LogP contribution is -2.19. The maximum Gasteiger partial charge on any atom is 0.264 e. The molecule has 0 saturated carbocycles. The van der Waals surface area contributed by atoms with Crippen molar-refractivity contribution in [3.05, 3.63) is 59.4 Å². The van der Waals surface area contributed by atoms with Gasteiger partial charge in [0.15, 0.2) is 11.0 Å². The Balaban J connectivity index is 1.60. The van der Waals surface area contributed by atoms with E-state index in [1.54, 1.807) is 12.3 Å². The standard InChI is InChI=1S/C18H13N5O2S/c1-25-16-9-15(20-10-21-16)22-18-23-17(24)14(26-18)8-11-4-5-13-12(7-11)3-2-6-19-13/h2-10H,1H3,(H,20,21,22,23,24). The molecule has 1 aliphatic heterocycles. The molecule has 26 heavy (non-hydrogen) atoms. The molecule has 1 amide bonds. The molecule has 4 rings (SSSR count). The van der Waals surface area contributed by atoms with Crippen LogP contribution in [0.1, 0.15) is 5.56 Å². The third kappa shape index (κ3) is 3.40. The smallest absolute Gasteiger partial charge is 0.264 e. The summed E-state index contributed by atoms with van der Waals surface area (Å²) in [6.07, 6.45) is 4.95. The van der Waals surface area contributed by atoms with Gasteiger partial charge in [-0.15, -0.1) is 0 Å². The number of rotatable bonds is 3. The Morgan fingerprint density at radius 1 is 1.19 bits per heavy atom. The van der Waals surface area contributed by atoms with Gasteiger partial charge in [-0.1, -0.05) is 12.1 Å². The summed E-state index contributed by atoms with van der Waals surface area (Å²) in [5.41, 5.74) is 1.84. The van der Waals surface area contributed by atoms with E-state index in [4.69, 9.17) is 4.74 Å². The Labute approximate surface area is 153 Å². The van der Waals surface area contributed by atoms with Crippen LogP contribution in [0.3, 0.4) is 0 Å². The summed E-state index contributed by atoms with van der Waals surface area (Å²) in [5.74, 6) is 0.632. The monoisotopic (exact) mass is 363 g/mol. The highest BCUT2D eigenvalue weighted by atomic mass is 32.2. The van der Waals surface area contributed by atoms with Crippen molar-refractivity contribution in [1.29, 1.82) is 0 Å². The molecule has 1 saturated heterocycles. The van der Waals surface area contributed by atoms with E-state index in [1.165, 1.54) is 25.2 Å². The first-order chi connectivity index (χ1) is 12.7. The van der Waals surface area contributed by atoms with Crippen LogP contribution in [0.4, 0.5) is 5.82 Å². The van der Waals surface area contributed by atoms with E-state index >= 15 is 0 Å². The van der Waals surface area contributed by atoms with Crippen molar-refractivity contribution in [2.75, 3.05) is 7.11 Å². The molecule has 0 aliphatic carbocycles. The minimum absolute atomic E-state index is 0.193. The first kappa shape index (κ1) is 16.2. The van der Waals surface area contributed by atoms with Crippen molar-refractivity contribution in [1.82, 2.24) is 20.3 Å². The van der Waals surface area contributed by atoms with E-state index in [0.29, 0.717) is 21.8 Å². The van der Waals surface area contributed by atoms with Gasteiger partial charge in [0, 0.05) is 17.6 Å². The van der Waals surface area contributed by atoms with Crippen molar-refractivity contribution in [3.8, 4) is 5.88 Å². The molecular weight excluding hydrogens is 350 g/mol. The summed E-state index contributed by atoms with van der Waals surface area (Å²) in [5, 5.41) is 4.22. The zero-order chi connectivity index (χ0) is 17.9. The Bertz CT molecular complexity index is 1060. The minimum atomic E-state index is -0.193. The third-order valence-electron chi connectivity index (χ3n) is 3.63. The second-order valence-electron chi connectivity index (χ2n) is 5.36.